The zero-order chi connectivity index (χ0) is 19.3. The molecule has 1 unspecified atom stereocenters. The van der Waals surface area contributed by atoms with Crippen LogP contribution in [0.4, 0.5) is 13.2 Å². The fourth-order valence-electron chi connectivity index (χ4n) is 2.71. The summed E-state index contributed by atoms with van der Waals surface area (Å²) in [6.07, 6.45) is 2.80. The Balaban J connectivity index is 1.68. The van der Waals surface area contributed by atoms with E-state index >= 15 is 0 Å². The van der Waals surface area contributed by atoms with Crippen molar-refractivity contribution in [2.75, 3.05) is 0 Å². The van der Waals surface area contributed by atoms with Gasteiger partial charge in [-0.15, -0.1) is 11.8 Å². The first kappa shape index (κ1) is 19.8. The van der Waals surface area contributed by atoms with Gasteiger partial charge in [0.15, 0.2) is 0 Å². The number of benzene rings is 2. The molecular formula is C20H18ClF3N2S. The molecule has 1 atom stereocenters. The molecule has 0 fully saturated rings. The number of aryl methyl sites for hydroxylation is 1. The van der Waals surface area contributed by atoms with Crippen LogP contribution in [0.15, 0.2) is 72.1 Å². The Morgan fingerprint density at radius 2 is 1.74 bits per heavy atom. The minimum Gasteiger partial charge on any atom is -0.336 e. The molecule has 1 aromatic heterocycles. The van der Waals surface area contributed by atoms with Crippen LogP contribution < -0.4 is 0 Å². The summed E-state index contributed by atoms with van der Waals surface area (Å²) in [6, 6.07) is 13.1. The van der Waals surface area contributed by atoms with Gasteiger partial charge in [-0.05, 0) is 54.8 Å². The Morgan fingerprint density at radius 3 is 2.33 bits per heavy atom. The molecule has 0 spiro atoms. The molecule has 0 saturated carbocycles. The molecule has 0 saturated heterocycles. The van der Waals surface area contributed by atoms with Crippen LogP contribution in [-0.2, 0) is 19.1 Å². The van der Waals surface area contributed by atoms with E-state index in [1.807, 2.05) is 35.0 Å². The lowest BCUT2D eigenvalue weighted by molar-refractivity contribution is -0.137. The third kappa shape index (κ3) is 6.04. The van der Waals surface area contributed by atoms with Crippen LogP contribution in [-0.4, -0.2) is 14.8 Å². The smallest absolute Gasteiger partial charge is 0.336 e. The quantitative estimate of drug-likeness (QED) is 0.422. The van der Waals surface area contributed by atoms with Gasteiger partial charge in [-0.2, -0.15) is 13.2 Å². The van der Waals surface area contributed by atoms with Crippen molar-refractivity contribution in [2.45, 2.75) is 35.7 Å². The van der Waals surface area contributed by atoms with Gasteiger partial charge in [-0.1, -0.05) is 23.7 Å². The van der Waals surface area contributed by atoms with Crippen molar-refractivity contribution in [3.63, 3.8) is 0 Å². The second kappa shape index (κ2) is 8.85. The lowest BCUT2D eigenvalue weighted by Crippen LogP contribution is -2.13. The third-order valence-corrected chi connectivity index (χ3v) is 5.64. The third-order valence-electron chi connectivity index (χ3n) is 4.13. The van der Waals surface area contributed by atoms with Gasteiger partial charge in [0.05, 0.1) is 11.9 Å². The van der Waals surface area contributed by atoms with E-state index in [1.54, 1.807) is 24.3 Å². The monoisotopic (exact) mass is 410 g/mol. The van der Waals surface area contributed by atoms with Crippen molar-refractivity contribution in [3.8, 4) is 0 Å². The number of alkyl halides is 3. The molecule has 0 amide bonds. The average molecular weight is 411 g/mol. The Kier molecular flexibility index (Phi) is 6.50. The molecule has 0 radical (unpaired) electrons. The van der Waals surface area contributed by atoms with Gasteiger partial charge in [-0.25, -0.2) is 4.98 Å². The largest absolute Gasteiger partial charge is 0.416 e. The summed E-state index contributed by atoms with van der Waals surface area (Å²) in [7, 11) is 0. The number of hydrogen-bond donors (Lipinski definition) is 0. The fourth-order valence-corrected chi connectivity index (χ4v) is 4.00. The molecule has 0 bridgehead atoms. The number of rotatable bonds is 7. The minimum absolute atomic E-state index is 0.201. The first-order chi connectivity index (χ1) is 12.9. The van der Waals surface area contributed by atoms with E-state index < -0.39 is 11.7 Å². The highest BCUT2D eigenvalue weighted by atomic mass is 35.5. The van der Waals surface area contributed by atoms with Gasteiger partial charge < -0.3 is 4.57 Å². The molecule has 0 aliphatic carbocycles. The van der Waals surface area contributed by atoms with Crippen molar-refractivity contribution in [2.24, 2.45) is 0 Å². The number of halogens is 4. The summed E-state index contributed by atoms with van der Waals surface area (Å²) in [5.41, 5.74) is 0.558. The van der Waals surface area contributed by atoms with Gasteiger partial charge in [0.1, 0.15) is 0 Å². The molecule has 27 heavy (non-hydrogen) atoms. The Labute approximate surface area is 165 Å². The van der Waals surface area contributed by atoms with Crippen molar-refractivity contribution in [1.29, 1.82) is 0 Å². The summed E-state index contributed by atoms with van der Waals surface area (Å²) >= 11 is 7.51. The second-order valence-corrected chi connectivity index (χ2v) is 8.00. The lowest BCUT2D eigenvalue weighted by atomic mass is 10.1. The van der Waals surface area contributed by atoms with Crippen LogP contribution >= 0.6 is 23.4 Å². The molecule has 142 valence electrons. The van der Waals surface area contributed by atoms with Crippen LogP contribution in [0, 0.1) is 0 Å². The number of hydrogen-bond acceptors (Lipinski definition) is 2. The van der Waals surface area contributed by atoms with E-state index in [1.165, 1.54) is 17.7 Å². The van der Waals surface area contributed by atoms with E-state index in [9.17, 15) is 13.2 Å². The highest BCUT2D eigenvalue weighted by Gasteiger charge is 2.30. The van der Waals surface area contributed by atoms with Crippen molar-refractivity contribution >= 4 is 23.4 Å². The average Bonchev–Trinajstić information content (AvgIpc) is 3.14. The van der Waals surface area contributed by atoms with Gasteiger partial charge in [0.25, 0.3) is 0 Å². The number of imidazole rings is 1. The molecule has 7 heteroatoms. The Bertz CT molecular complexity index is 831. The van der Waals surface area contributed by atoms with E-state index in [-0.39, 0.29) is 5.25 Å². The van der Waals surface area contributed by atoms with Crippen molar-refractivity contribution < 1.29 is 13.2 Å². The second-order valence-electron chi connectivity index (χ2n) is 6.19. The van der Waals surface area contributed by atoms with E-state index in [0.717, 1.165) is 36.4 Å². The Morgan fingerprint density at radius 1 is 1.04 bits per heavy atom. The van der Waals surface area contributed by atoms with E-state index in [0.29, 0.717) is 5.02 Å². The fraction of sp³-hybridized carbons (Fsp3) is 0.250. The zero-order valence-electron chi connectivity index (χ0n) is 14.4. The van der Waals surface area contributed by atoms with Gasteiger partial charge >= 0.3 is 6.18 Å². The molecule has 3 aromatic rings. The maximum absolute atomic E-state index is 12.7. The van der Waals surface area contributed by atoms with Gasteiger partial charge in [0, 0.05) is 34.1 Å². The summed E-state index contributed by atoms with van der Waals surface area (Å²) in [6.45, 7) is 0.735. The highest BCUT2D eigenvalue weighted by molar-refractivity contribution is 8.00. The first-order valence-corrected chi connectivity index (χ1v) is 9.70. The van der Waals surface area contributed by atoms with Gasteiger partial charge in [-0.3, -0.25) is 0 Å². The van der Waals surface area contributed by atoms with E-state index in [4.69, 9.17) is 11.6 Å². The van der Waals surface area contributed by atoms with E-state index in [2.05, 4.69) is 4.98 Å². The summed E-state index contributed by atoms with van der Waals surface area (Å²) in [5, 5.41) is 0.902. The summed E-state index contributed by atoms with van der Waals surface area (Å²) in [4.78, 5) is 4.89. The van der Waals surface area contributed by atoms with Crippen LogP contribution in [0.2, 0.25) is 5.02 Å². The molecule has 2 nitrogen and oxygen atoms in total. The molecule has 1 heterocycles. The maximum Gasteiger partial charge on any atom is 0.416 e. The predicted molar refractivity (Wildman–Crippen MR) is 103 cm³/mol. The number of aromatic nitrogens is 2. The van der Waals surface area contributed by atoms with Crippen molar-refractivity contribution in [1.82, 2.24) is 9.55 Å². The minimum atomic E-state index is -4.31. The SMILES string of the molecule is FC(F)(F)c1ccc(SC(CCc2ccc(Cl)cc2)Cn2ccnc2)cc1. The highest BCUT2D eigenvalue weighted by Crippen LogP contribution is 2.33. The molecule has 0 N–H and O–H groups in total. The van der Waals surface area contributed by atoms with Crippen LogP contribution in [0.1, 0.15) is 17.5 Å². The van der Waals surface area contributed by atoms with Crippen LogP contribution in [0.5, 0.6) is 0 Å². The molecular weight excluding hydrogens is 393 g/mol. The maximum atomic E-state index is 12.7. The molecule has 3 rings (SSSR count). The normalized spacial score (nSPS) is 12.9. The zero-order valence-corrected chi connectivity index (χ0v) is 15.9. The Hall–Kier alpha value is -1.92. The molecule has 0 aliphatic heterocycles. The summed E-state index contributed by atoms with van der Waals surface area (Å²) in [5.74, 6) is 0. The van der Waals surface area contributed by atoms with Gasteiger partial charge in [0.2, 0.25) is 0 Å². The topological polar surface area (TPSA) is 17.8 Å². The predicted octanol–water partition coefficient (Wildman–Crippen LogP) is 6.35. The van der Waals surface area contributed by atoms with Crippen molar-refractivity contribution in [3.05, 3.63) is 83.4 Å². The number of thioether (sulfide) groups is 1. The van der Waals surface area contributed by atoms with Crippen LogP contribution in [0.25, 0.3) is 0 Å². The molecule has 0 aliphatic rings. The standard InChI is InChI=1S/C20H18ClF3N2S/c21-17-6-1-15(2-7-17)3-8-19(13-26-12-11-25-14-26)27-18-9-4-16(5-10-18)20(22,23)24/h1-2,4-7,9-12,14,19H,3,8,13H2. The number of nitrogens with zero attached hydrogens (tertiary/aromatic N) is 2. The first-order valence-electron chi connectivity index (χ1n) is 8.44. The lowest BCUT2D eigenvalue weighted by Gasteiger charge is -2.18. The molecule has 2 aromatic carbocycles. The summed E-state index contributed by atoms with van der Waals surface area (Å²) < 4.78 is 40.2. The van der Waals surface area contributed by atoms with Crippen LogP contribution in [0.3, 0.4) is 0 Å².